The van der Waals surface area contributed by atoms with E-state index in [1.807, 2.05) is 0 Å². The second-order valence-electron chi connectivity index (χ2n) is 7.17. The molecule has 1 N–H and O–H groups in total. The van der Waals surface area contributed by atoms with Crippen molar-refractivity contribution in [3.8, 4) is 0 Å². The molecule has 5 nitrogen and oxygen atoms in total. The van der Waals surface area contributed by atoms with Crippen LogP contribution in [0.4, 0.5) is 8.78 Å². The van der Waals surface area contributed by atoms with Crippen LogP contribution in [0.1, 0.15) is 33.9 Å². The van der Waals surface area contributed by atoms with Gasteiger partial charge >= 0.3 is 0 Å². The lowest BCUT2D eigenvalue weighted by Crippen LogP contribution is -2.38. The molecule has 3 aromatic rings. The first kappa shape index (κ1) is 21.6. The Morgan fingerprint density at radius 2 is 1.62 bits per heavy atom. The maximum atomic E-state index is 14.5. The molecule has 1 atom stereocenters. The fourth-order valence-corrected chi connectivity index (χ4v) is 3.81. The van der Waals surface area contributed by atoms with Crippen LogP contribution in [0.25, 0.3) is 0 Å². The van der Waals surface area contributed by atoms with Crippen LogP contribution >= 0.6 is 11.6 Å². The average molecular weight is 454 g/mol. The van der Waals surface area contributed by atoms with Crippen molar-refractivity contribution in [1.82, 2.24) is 10.3 Å². The summed E-state index contributed by atoms with van der Waals surface area (Å²) >= 11 is 6.29. The highest BCUT2D eigenvalue weighted by Gasteiger charge is 2.35. The standard InChI is InChI=1S/C24H18ClF2N3O2/c25-18-10-4-1-7-15(18)21-13-22(16-8-2-5-11-19(16)26)30(29-21)23(31)14-28-24(32)17-9-3-6-12-20(17)27/h1-12,22H,13-14H2,(H,28,32). The zero-order valence-electron chi connectivity index (χ0n) is 16.8. The van der Waals surface area contributed by atoms with Crippen LogP contribution in [0, 0.1) is 11.6 Å². The Morgan fingerprint density at radius 3 is 2.34 bits per heavy atom. The molecule has 0 spiro atoms. The van der Waals surface area contributed by atoms with Crippen molar-refractivity contribution in [3.63, 3.8) is 0 Å². The molecule has 0 aromatic heterocycles. The van der Waals surface area contributed by atoms with Gasteiger partial charge in [0.15, 0.2) is 0 Å². The number of amides is 2. The molecule has 0 aliphatic carbocycles. The highest BCUT2D eigenvalue weighted by atomic mass is 35.5. The van der Waals surface area contributed by atoms with Crippen molar-refractivity contribution in [1.29, 1.82) is 0 Å². The van der Waals surface area contributed by atoms with E-state index in [1.165, 1.54) is 24.3 Å². The number of rotatable bonds is 5. The molecule has 3 aromatic carbocycles. The van der Waals surface area contributed by atoms with Crippen molar-refractivity contribution in [2.75, 3.05) is 6.54 Å². The molecule has 2 amide bonds. The molecule has 8 heteroatoms. The molecule has 0 saturated carbocycles. The molecule has 32 heavy (non-hydrogen) atoms. The van der Waals surface area contributed by atoms with Gasteiger partial charge in [0.05, 0.1) is 23.9 Å². The molecule has 0 bridgehead atoms. The van der Waals surface area contributed by atoms with Gasteiger partial charge in [0.25, 0.3) is 11.8 Å². The van der Waals surface area contributed by atoms with Crippen molar-refractivity contribution >= 4 is 29.1 Å². The van der Waals surface area contributed by atoms with Gasteiger partial charge in [-0.1, -0.05) is 60.1 Å². The summed E-state index contributed by atoms with van der Waals surface area (Å²) in [5.41, 5.74) is 1.29. The van der Waals surface area contributed by atoms with E-state index in [4.69, 9.17) is 11.6 Å². The Hall–Kier alpha value is -3.58. The van der Waals surface area contributed by atoms with E-state index in [-0.39, 0.29) is 12.0 Å². The molecule has 1 heterocycles. The molecule has 0 radical (unpaired) electrons. The van der Waals surface area contributed by atoms with Gasteiger partial charge in [-0.3, -0.25) is 9.59 Å². The molecule has 0 saturated heterocycles. The minimum absolute atomic E-state index is 0.173. The summed E-state index contributed by atoms with van der Waals surface area (Å²) in [7, 11) is 0. The zero-order valence-corrected chi connectivity index (χ0v) is 17.5. The zero-order chi connectivity index (χ0) is 22.7. The van der Waals surface area contributed by atoms with Crippen LogP contribution in [0.3, 0.4) is 0 Å². The third-order valence-electron chi connectivity index (χ3n) is 5.13. The predicted octanol–water partition coefficient (Wildman–Crippen LogP) is 4.73. The number of hydrazone groups is 1. The number of benzene rings is 3. The second-order valence-corrected chi connectivity index (χ2v) is 7.58. The van der Waals surface area contributed by atoms with Gasteiger partial charge in [0, 0.05) is 22.6 Å². The molecule has 4 rings (SSSR count). The normalized spacial score (nSPS) is 15.4. The number of hydrogen-bond donors (Lipinski definition) is 1. The average Bonchev–Trinajstić information content (AvgIpc) is 3.23. The smallest absolute Gasteiger partial charge is 0.262 e. The number of nitrogens with zero attached hydrogens (tertiary/aromatic N) is 2. The summed E-state index contributed by atoms with van der Waals surface area (Å²) in [6.07, 6.45) is 0.248. The van der Waals surface area contributed by atoms with Crippen LogP contribution in [0.2, 0.25) is 5.02 Å². The van der Waals surface area contributed by atoms with Crippen molar-refractivity contribution in [3.05, 3.63) is 106 Å². The Bertz CT molecular complexity index is 1220. The fourth-order valence-electron chi connectivity index (χ4n) is 3.56. The Morgan fingerprint density at radius 1 is 0.969 bits per heavy atom. The van der Waals surface area contributed by atoms with Gasteiger partial charge in [-0.05, 0) is 24.3 Å². The van der Waals surface area contributed by atoms with E-state index in [0.717, 1.165) is 11.1 Å². The van der Waals surface area contributed by atoms with Gasteiger partial charge in [0.2, 0.25) is 0 Å². The Kier molecular flexibility index (Phi) is 6.28. The molecule has 1 unspecified atom stereocenters. The Labute approximate surface area is 188 Å². The number of halogens is 3. The molecule has 0 fully saturated rings. The summed E-state index contributed by atoms with van der Waals surface area (Å²) in [5.74, 6) is -2.46. The first-order valence-corrected chi connectivity index (χ1v) is 10.2. The lowest BCUT2D eigenvalue weighted by Gasteiger charge is -2.22. The molecule has 162 valence electrons. The quantitative estimate of drug-likeness (QED) is 0.607. The minimum atomic E-state index is -0.728. The van der Waals surface area contributed by atoms with Gasteiger partial charge in [-0.15, -0.1) is 0 Å². The van der Waals surface area contributed by atoms with Crippen LogP contribution in [0.15, 0.2) is 77.9 Å². The predicted molar refractivity (Wildman–Crippen MR) is 117 cm³/mol. The van der Waals surface area contributed by atoms with Crippen molar-refractivity contribution in [2.24, 2.45) is 5.10 Å². The molecule has 1 aliphatic rings. The van der Waals surface area contributed by atoms with Gasteiger partial charge in [-0.2, -0.15) is 5.10 Å². The van der Waals surface area contributed by atoms with E-state index in [9.17, 15) is 18.4 Å². The van der Waals surface area contributed by atoms with Gasteiger partial charge in [0.1, 0.15) is 11.6 Å². The topological polar surface area (TPSA) is 61.8 Å². The van der Waals surface area contributed by atoms with Crippen molar-refractivity contribution < 1.29 is 18.4 Å². The van der Waals surface area contributed by atoms with Crippen LogP contribution in [-0.2, 0) is 4.79 Å². The summed E-state index contributed by atoms with van der Waals surface area (Å²) in [6, 6.07) is 17.9. The minimum Gasteiger partial charge on any atom is -0.343 e. The number of carbonyl (C=O) groups is 2. The molecular weight excluding hydrogens is 436 g/mol. The van der Waals surface area contributed by atoms with Gasteiger partial charge in [-0.25, -0.2) is 13.8 Å². The van der Waals surface area contributed by atoms with Crippen LogP contribution < -0.4 is 5.32 Å². The molecule has 1 aliphatic heterocycles. The lowest BCUT2D eigenvalue weighted by atomic mass is 9.98. The summed E-state index contributed by atoms with van der Waals surface area (Å²) in [5, 5.41) is 8.43. The maximum absolute atomic E-state index is 14.5. The van der Waals surface area contributed by atoms with E-state index < -0.39 is 36.0 Å². The highest BCUT2D eigenvalue weighted by molar-refractivity contribution is 6.34. The Balaban J connectivity index is 1.59. The highest BCUT2D eigenvalue weighted by Crippen LogP contribution is 2.35. The third kappa shape index (κ3) is 4.38. The number of hydrogen-bond acceptors (Lipinski definition) is 3. The SMILES string of the molecule is O=C(NCC(=O)N1N=C(c2ccccc2Cl)CC1c1ccccc1F)c1ccccc1F. The van der Waals surface area contributed by atoms with E-state index in [0.29, 0.717) is 21.9 Å². The first-order chi connectivity index (χ1) is 15.5. The van der Waals surface area contributed by atoms with Crippen molar-refractivity contribution in [2.45, 2.75) is 12.5 Å². The van der Waals surface area contributed by atoms with E-state index >= 15 is 0 Å². The monoisotopic (exact) mass is 453 g/mol. The van der Waals surface area contributed by atoms with E-state index in [1.54, 1.807) is 42.5 Å². The summed E-state index contributed by atoms with van der Waals surface area (Å²) in [6.45, 7) is -0.433. The number of nitrogens with one attached hydrogen (secondary N) is 1. The van der Waals surface area contributed by atoms with E-state index in [2.05, 4.69) is 10.4 Å². The maximum Gasteiger partial charge on any atom is 0.262 e. The fraction of sp³-hybridized carbons (Fsp3) is 0.125. The van der Waals surface area contributed by atoms with Crippen LogP contribution in [-0.4, -0.2) is 29.1 Å². The third-order valence-corrected chi connectivity index (χ3v) is 5.46. The lowest BCUT2D eigenvalue weighted by molar-refractivity contribution is -0.131. The largest absolute Gasteiger partial charge is 0.343 e. The summed E-state index contributed by atoms with van der Waals surface area (Å²) in [4.78, 5) is 25.3. The number of carbonyl (C=O) groups excluding carboxylic acids is 2. The van der Waals surface area contributed by atoms with Crippen LogP contribution in [0.5, 0.6) is 0 Å². The second kappa shape index (κ2) is 9.28. The first-order valence-electron chi connectivity index (χ1n) is 9.87. The summed E-state index contributed by atoms with van der Waals surface area (Å²) < 4.78 is 28.4. The molecular formula is C24H18ClF2N3O2. The van der Waals surface area contributed by atoms with Gasteiger partial charge < -0.3 is 5.32 Å².